The van der Waals surface area contributed by atoms with Crippen molar-refractivity contribution in [3.05, 3.63) is 0 Å². The van der Waals surface area contributed by atoms with Crippen molar-refractivity contribution in [2.75, 3.05) is 39.5 Å². The summed E-state index contributed by atoms with van der Waals surface area (Å²) in [6.07, 6.45) is 2.37. The Balaban J connectivity index is 2.27. The summed E-state index contributed by atoms with van der Waals surface area (Å²) < 4.78 is 0. The Morgan fingerprint density at radius 2 is 2.00 bits per heavy atom. The topological polar surface area (TPSA) is 44.4 Å². The van der Waals surface area contributed by atoms with Crippen LogP contribution in [0.1, 0.15) is 26.7 Å². The van der Waals surface area contributed by atoms with Crippen molar-refractivity contribution in [2.24, 2.45) is 5.92 Å². The van der Waals surface area contributed by atoms with Crippen LogP contribution in [0.3, 0.4) is 0 Å². The molecule has 0 aromatic carbocycles. The first-order valence-corrected chi connectivity index (χ1v) is 8.30. The van der Waals surface area contributed by atoms with Crippen molar-refractivity contribution in [3.63, 3.8) is 0 Å². The van der Waals surface area contributed by atoms with Gasteiger partial charge < -0.3 is 15.5 Å². The molecule has 112 valence electrons. The van der Waals surface area contributed by atoms with Gasteiger partial charge in [-0.1, -0.05) is 13.8 Å². The predicted molar refractivity (Wildman–Crippen MR) is 83.7 cm³/mol. The molecule has 5 heteroatoms. The Morgan fingerprint density at radius 3 is 2.53 bits per heavy atom. The lowest BCUT2D eigenvalue weighted by atomic mass is 10.0. The van der Waals surface area contributed by atoms with E-state index >= 15 is 0 Å². The fourth-order valence-electron chi connectivity index (χ4n) is 2.22. The number of rotatable bonds is 7. The Bertz CT molecular complexity index is 265. The van der Waals surface area contributed by atoms with Gasteiger partial charge in [0.15, 0.2) is 0 Å². The van der Waals surface area contributed by atoms with Crippen LogP contribution in [-0.4, -0.2) is 61.6 Å². The van der Waals surface area contributed by atoms with Gasteiger partial charge in [-0.05, 0) is 45.9 Å². The Labute approximate surface area is 122 Å². The maximum absolute atomic E-state index is 12.0. The zero-order chi connectivity index (χ0) is 14.3. The molecular weight excluding hydrogens is 258 g/mol. The molecule has 0 aromatic heterocycles. The number of amides is 1. The summed E-state index contributed by atoms with van der Waals surface area (Å²) in [5.41, 5.74) is 0. The van der Waals surface area contributed by atoms with E-state index in [2.05, 4.69) is 29.4 Å². The number of nitrogens with one attached hydrogen (secondary N) is 2. The van der Waals surface area contributed by atoms with E-state index in [1.807, 2.05) is 25.9 Å². The molecule has 4 nitrogen and oxygen atoms in total. The zero-order valence-corrected chi connectivity index (χ0v) is 13.6. The third-order valence-electron chi connectivity index (χ3n) is 3.45. The van der Waals surface area contributed by atoms with Crippen molar-refractivity contribution in [2.45, 2.75) is 38.0 Å². The smallest absolute Gasteiger partial charge is 0.230 e. The molecule has 1 fully saturated rings. The fraction of sp³-hybridized carbons (Fsp3) is 0.929. The van der Waals surface area contributed by atoms with Crippen LogP contribution >= 0.6 is 11.8 Å². The van der Waals surface area contributed by atoms with E-state index in [1.54, 1.807) is 0 Å². The summed E-state index contributed by atoms with van der Waals surface area (Å²) in [6, 6.07) is 0.246. The number of likely N-dealkylation sites (N-methyl/N-ethyl adjacent to an activating group) is 1. The molecule has 1 rings (SSSR count). The average Bonchev–Trinajstić information content (AvgIpc) is 2.36. The van der Waals surface area contributed by atoms with E-state index in [0.717, 1.165) is 19.6 Å². The highest BCUT2D eigenvalue weighted by molar-refractivity contribution is 8.00. The largest absolute Gasteiger partial charge is 0.351 e. The number of carbonyl (C=O) groups is 1. The summed E-state index contributed by atoms with van der Waals surface area (Å²) in [6.45, 7) is 7.41. The number of piperidine rings is 1. The van der Waals surface area contributed by atoms with Gasteiger partial charge in [-0.15, -0.1) is 11.8 Å². The molecule has 1 aliphatic rings. The van der Waals surface area contributed by atoms with Crippen molar-refractivity contribution in [3.8, 4) is 0 Å². The van der Waals surface area contributed by atoms with Gasteiger partial charge >= 0.3 is 0 Å². The predicted octanol–water partition coefficient (Wildman–Crippen LogP) is 1.17. The maximum atomic E-state index is 12.0. The summed E-state index contributed by atoms with van der Waals surface area (Å²) >= 11 is 1.81. The third-order valence-corrected chi connectivity index (χ3v) is 4.82. The molecule has 19 heavy (non-hydrogen) atoms. The molecule has 0 aromatic rings. The van der Waals surface area contributed by atoms with Crippen molar-refractivity contribution >= 4 is 17.7 Å². The third kappa shape index (κ3) is 7.18. The first-order chi connectivity index (χ1) is 8.99. The van der Waals surface area contributed by atoms with Gasteiger partial charge in [0.1, 0.15) is 0 Å². The number of nitrogens with zero attached hydrogens (tertiary/aromatic N) is 1. The van der Waals surface area contributed by atoms with Gasteiger partial charge in [-0.2, -0.15) is 0 Å². The van der Waals surface area contributed by atoms with E-state index in [-0.39, 0.29) is 11.9 Å². The van der Waals surface area contributed by atoms with E-state index in [0.29, 0.717) is 16.9 Å². The van der Waals surface area contributed by atoms with Gasteiger partial charge in [0.2, 0.25) is 5.91 Å². The second-order valence-corrected chi connectivity index (χ2v) is 7.23. The van der Waals surface area contributed by atoms with Crippen LogP contribution in [0.4, 0.5) is 0 Å². The van der Waals surface area contributed by atoms with Crippen LogP contribution in [0.25, 0.3) is 0 Å². The lowest BCUT2D eigenvalue weighted by Crippen LogP contribution is -2.45. The minimum absolute atomic E-state index is 0.184. The summed E-state index contributed by atoms with van der Waals surface area (Å²) in [5.74, 6) is 1.25. The lowest BCUT2D eigenvalue weighted by Gasteiger charge is -2.26. The molecule has 1 heterocycles. The molecule has 1 unspecified atom stereocenters. The molecule has 0 aliphatic carbocycles. The standard InChI is InChI=1S/C14H29N3OS/c1-11(2)13(9-17(3)4)16-14(18)10-19-12-5-7-15-8-6-12/h11-13,15H,5-10H2,1-4H3,(H,16,18). The van der Waals surface area contributed by atoms with Crippen LogP contribution in [0.15, 0.2) is 0 Å². The molecular formula is C14H29N3OS. The van der Waals surface area contributed by atoms with Crippen LogP contribution in [0, 0.1) is 5.92 Å². The lowest BCUT2D eigenvalue weighted by molar-refractivity contribution is -0.119. The van der Waals surface area contributed by atoms with Gasteiger partial charge in [-0.3, -0.25) is 4.79 Å². The van der Waals surface area contributed by atoms with E-state index in [4.69, 9.17) is 0 Å². The first kappa shape index (κ1) is 16.8. The minimum Gasteiger partial charge on any atom is -0.351 e. The molecule has 1 saturated heterocycles. The summed E-state index contributed by atoms with van der Waals surface area (Å²) in [5, 5.41) is 7.17. The number of thioether (sulfide) groups is 1. The highest BCUT2D eigenvalue weighted by Gasteiger charge is 2.19. The van der Waals surface area contributed by atoms with Crippen LogP contribution in [-0.2, 0) is 4.79 Å². The van der Waals surface area contributed by atoms with Crippen molar-refractivity contribution < 1.29 is 4.79 Å². The Kier molecular flexibility index (Phi) is 7.80. The average molecular weight is 287 g/mol. The molecule has 1 amide bonds. The number of hydrogen-bond donors (Lipinski definition) is 2. The molecule has 1 aliphatic heterocycles. The normalized spacial score (nSPS) is 18.8. The van der Waals surface area contributed by atoms with Gasteiger partial charge in [0, 0.05) is 17.8 Å². The van der Waals surface area contributed by atoms with E-state index in [1.165, 1.54) is 12.8 Å². The monoisotopic (exact) mass is 287 g/mol. The van der Waals surface area contributed by atoms with E-state index < -0.39 is 0 Å². The van der Waals surface area contributed by atoms with E-state index in [9.17, 15) is 4.79 Å². The number of carbonyl (C=O) groups excluding carboxylic acids is 1. The van der Waals surface area contributed by atoms with Crippen LogP contribution in [0.5, 0.6) is 0 Å². The fourth-order valence-corrected chi connectivity index (χ4v) is 3.26. The Hall–Kier alpha value is -0.260. The zero-order valence-electron chi connectivity index (χ0n) is 12.7. The SMILES string of the molecule is CC(C)C(CN(C)C)NC(=O)CSC1CCNCC1. The molecule has 2 N–H and O–H groups in total. The van der Waals surface area contributed by atoms with Gasteiger partial charge in [0.25, 0.3) is 0 Å². The van der Waals surface area contributed by atoms with Crippen molar-refractivity contribution in [1.82, 2.24) is 15.5 Å². The maximum Gasteiger partial charge on any atom is 0.230 e. The highest BCUT2D eigenvalue weighted by atomic mass is 32.2. The second-order valence-electron chi connectivity index (χ2n) is 5.94. The highest BCUT2D eigenvalue weighted by Crippen LogP contribution is 2.19. The summed E-state index contributed by atoms with van der Waals surface area (Å²) in [4.78, 5) is 14.1. The first-order valence-electron chi connectivity index (χ1n) is 7.25. The number of hydrogen-bond acceptors (Lipinski definition) is 4. The molecule has 0 spiro atoms. The second kappa shape index (κ2) is 8.82. The molecule has 0 radical (unpaired) electrons. The minimum atomic E-state index is 0.184. The van der Waals surface area contributed by atoms with Crippen LogP contribution in [0.2, 0.25) is 0 Å². The van der Waals surface area contributed by atoms with Gasteiger partial charge in [-0.25, -0.2) is 0 Å². The molecule has 1 atom stereocenters. The van der Waals surface area contributed by atoms with Crippen molar-refractivity contribution in [1.29, 1.82) is 0 Å². The summed E-state index contributed by atoms with van der Waals surface area (Å²) in [7, 11) is 4.09. The quantitative estimate of drug-likeness (QED) is 0.738. The molecule has 0 bridgehead atoms. The molecule has 0 saturated carbocycles. The Morgan fingerprint density at radius 1 is 1.37 bits per heavy atom. The van der Waals surface area contributed by atoms with Crippen LogP contribution < -0.4 is 10.6 Å². The van der Waals surface area contributed by atoms with Gasteiger partial charge in [0.05, 0.1) is 5.75 Å².